The third-order valence-corrected chi connectivity index (χ3v) is 5.77. The Morgan fingerprint density at radius 1 is 0.964 bits per heavy atom. The van der Waals surface area contributed by atoms with E-state index in [0.717, 1.165) is 28.9 Å². The van der Waals surface area contributed by atoms with Crippen molar-refractivity contribution in [3.05, 3.63) is 64.3 Å². The number of aromatic nitrogens is 1. The number of phenols is 2. The maximum absolute atomic E-state index is 9.73. The number of hydrogen-bond acceptors (Lipinski definition) is 5. The van der Waals surface area contributed by atoms with Gasteiger partial charge < -0.3 is 10.2 Å². The summed E-state index contributed by atoms with van der Waals surface area (Å²) in [6, 6.07) is 15.2. The van der Waals surface area contributed by atoms with E-state index in [1.54, 1.807) is 23.6 Å². The van der Waals surface area contributed by atoms with Crippen LogP contribution < -0.4 is 4.80 Å². The summed E-state index contributed by atoms with van der Waals surface area (Å²) in [7, 11) is 0. The van der Waals surface area contributed by atoms with E-state index < -0.39 is 0 Å². The minimum atomic E-state index is -0.158. The molecule has 0 aliphatic heterocycles. The SMILES string of the molecule is Oc1ccc(/C=N/n2c(-c3ccccc3)csc2=NC2CCCCC2)cc1O. The van der Waals surface area contributed by atoms with Crippen LogP contribution in [0.5, 0.6) is 11.5 Å². The molecule has 0 saturated heterocycles. The van der Waals surface area contributed by atoms with Gasteiger partial charge in [0.15, 0.2) is 11.5 Å². The highest BCUT2D eigenvalue weighted by Crippen LogP contribution is 2.25. The first-order valence-corrected chi connectivity index (χ1v) is 10.4. The largest absolute Gasteiger partial charge is 0.504 e. The number of rotatable bonds is 4. The Balaban J connectivity index is 1.75. The van der Waals surface area contributed by atoms with Crippen LogP contribution in [-0.2, 0) is 0 Å². The van der Waals surface area contributed by atoms with Crippen LogP contribution in [0.1, 0.15) is 37.7 Å². The van der Waals surface area contributed by atoms with Crippen molar-refractivity contribution < 1.29 is 10.2 Å². The Kier molecular flexibility index (Phi) is 5.58. The monoisotopic (exact) mass is 393 g/mol. The fourth-order valence-corrected chi connectivity index (χ4v) is 4.33. The highest BCUT2D eigenvalue weighted by Gasteiger charge is 2.14. The number of nitrogens with zero attached hydrogens (tertiary/aromatic N) is 3. The molecule has 2 N–H and O–H groups in total. The molecule has 1 saturated carbocycles. The molecule has 0 atom stereocenters. The normalized spacial score (nSPS) is 16.1. The second-order valence-electron chi connectivity index (χ2n) is 7.00. The lowest BCUT2D eigenvalue weighted by Gasteiger charge is -2.16. The van der Waals surface area contributed by atoms with Crippen molar-refractivity contribution in [1.82, 2.24) is 4.68 Å². The van der Waals surface area contributed by atoms with Crippen molar-refractivity contribution in [2.24, 2.45) is 10.1 Å². The molecular formula is C22H23N3O2S. The summed E-state index contributed by atoms with van der Waals surface area (Å²) in [6.07, 6.45) is 7.72. The molecule has 2 aromatic carbocycles. The molecule has 0 unspecified atom stereocenters. The van der Waals surface area contributed by atoms with Crippen molar-refractivity contribution in [2.75, 3.05) is 0 Å². The number of phenolic OH excluding ortho intramolecular Hbond substituents is 2. The zero-order chi connectivity index (χ0) is 19.3. The molecule has 3 aromatic rings. The van der Waals surface area contributed by atoms with E-state index in [1.807, 2.05) is 22.9 Å². The van der Waals surface area contributed by atoms with Crippen LogP contribution in [0.15, 0.2) is 64.0 Å². The Morgan fingerprint density at radius 3 is 2.50 bits per heavy atom. The fraction of sp³-hybridized carbons (Fsp3) is 0.273. The number of thiazole rings is 1. The molecule has 5 nitrogen and oxygen atoms in total. The Labute approximate surface area is 168 Å². The van der Waals surface area contributed by atoms with Crippen LogP contribution >= 0.6 is 11.3 Å². The average Bonchev–Trinajstić information content (AvgIpc) is 3.13. The Morgan fingerprint density at radius 2 is 1.75 bits per heavy atom. The van der Waals surface area contributed by atoms with Gasteiger partial charge in [0.25, 0.3) is 0 Å². The second-order valence-corrected chi connectivity index (χ2v) is 7.83. The van der Waals surface area contributed by atoms with Crippen LogP contribution in [0.2, 0.25) is 0 Å². The number of aromatic hydroxyl groups is 2. The Bertz CT molecular complexity index is 1030. The number of benzene rings is 2. The van der Waals surface area contributed by atoms with Gasteiger partial charge in [-0.15, -0.1) is 11.3 Å². The van der Waals surface area contributed by atoms with E-state index in [2.05, 4.69) is 22.6 Å². The van der Waals surface area contributed by atoms with Crippen LogP contribution in [0.3, 0.4) is 0 Å². The quantitative estimate of drug-likeness (QED) is 0.496. The van der Waals surface area contributed by atoms with Gasteiger partial charge in [-0.3, -0.25) is 4.99 Å². The van der Waals surface area contributed by atoms with Crippen LogP contribution in [0.4, 0.5) is 0 Å². The predicted octanol–water partition coefficient (Wildman–Crippen LogP) is 4.74. The average molecular weight is 394 g/mol. The first-order chi connectivity index (χ1) is 13.7. The van der Waals surface area contributed by atoms with Gasteiger partial charge in [-0.05, 0) is 36.6 Å². The zero-order valence-corrected chi connectivity index (χ0v) is 16.3. The molecule has 0 amide bonds. The van der Waals surface area contributed by atoms with Gasteiger partial charge >= 0.3 is 0 Å². The summed E-state index contributed by atoms with van der Waals surface area (Å²) in [6.45, 7) is 0. The van der Waals surface area contributed by atoms with Crippen LogP contribution in [-0.4, -0.2) is 27.1 Å². The molecule has 0 spiro atoms. The molecule has 1 aromatic heterocycles. The molecule has 1 heterocycles. The molecular weight excluding hydrogens is 370 g/mol. The molecule has 1 aliphatic carbocycles. The van der Waals surface area contributed by atoms with Crippen molar-refractivity contribution in [2.45, 2.75) is 38.1 Å². The van der Waals surface area contributed by atoms with Crippen molar-refractivity contribution in [3.8, 4) is 22.8 Å². The van der Waals surface area contributed by atoms with Crippen LogP contribution in [0.25, 0.3) is 11.3 Å². The molecule has 0 radical (unpaired) electrons. The third kappa shape index (κ3) is 4.17. The number of hydrogen-bond donors (Lipinski definition) is 2. The van der Waals surface area contributed by atoms with E-state index in [4.69, 9.17) is 4.99 Å². The minimum absolute atomic E-state index is 0.140. The van der Waals surface area contributed by atoms with E-state index in [0.29, 0.717) is 11.6 Å². The summed E-state index contributed by atoms with van der Waals surface area (Å²) in [5, 5.41) is 26.0. The van der Waals surface area contributed by atoms with Gasteiger partial charge in [0.1, 0.15) is 0 Å². The van der Waals surface area contributed by atoms with Crippen molar-refractivity contribution >= 4 is 17.6 Å². The first kappa shape index (κ1) is 18.5. The van der Waals surface area contributed by atoms with Gasteiger partial charge in [-0.2, -0.15) is 5.10 Å². The summed E-state index contributed by atoms with van der Waals surface area (Å²) < 4.78 is 1.87. The smallest absolute Gasteiger partial charge is 0.206 e. The van der Waals surface area contributed by atoms with Gasteiger partial charge in [-0.25, -0.2) is 4.68 Å². The van der Waals surface area contributed by atoms with E-state index in [1.165, 1.54) is 31.4 Å². The molecule has 1 fully saturated rings. The van der Waals surface area contributed by atoms with E-state index in [-0.39, 0.29) is 11.5 Å². The highest BCUT2D eigenvalue weighted by atomic mass is 32.1. The summed E-state index contributed by atoms with van der Waals surface area (Å²) in [4.78, 5) is 5.87. The third-order valence-electron chi connectivity index (χ3n) is 4.94. The zero-order valence-electron chi connectivity index (χ0n) is 15.5. The lowest BCUT2D eigenvalue weighted by Crippen LogP contribution is -2.19. The van der Waals surface area contributed by atoms with E-state index in [9.17, 15) is 10.2 Å². The lowest BCUT2D eigenvalue weighted by atomic mass is 9.96. The summed E-state index contributed by atoms with van der Waals surface area (Å²) in [5.74, 6) is -0.298. The molecule has 144 valence electrons. The molecule has 0 bridgehead atoms. The minimum Gasteiger partial charge on any atom is -0.504 e. The van der Waals surface area contributed by atoms with Gasteiger partial charge in [-0.1, -0.05) is 49.6 Å². The van der Waals surface area contributed by atoms with Crippen molar-refractivity contribution in [1.29, 1.82) is 0 Å². The van der Waals surface area contributed by atoms with Gasteiger partial charge in [0.05, 0.1) is 18.0 Å². The summed E-state index contributed by atoms with van der Waals surface area (Å²) >= 11 is 1.60. The summed E-state index contributed by atoms with van der Waals surface area (Å²) in [5.41, 5.74) is 2.77. The highest BCUT2D eigenvalue weighted by molar-refractivity contribution is 7.07. The lowest BCUT2D eigenvalue weighted by molar-refractivity contribution is 0.403. The topological polar surface area (TPSA) is 70.1 Å². The molecule has 6 heteroatoms. The van der Waals surface area contributed by atoms with Gasteiger partial charge in [0, 0.05) is 10.9 Å². The standard InChI is InChI=1S/C22H23N3O2S/c26-20-12-11-16(13-21(20)27)14-23-25-19(17-7-3-1-4-8-17)15-28-22(25)24-18-9-5-2-6-10-18/h1,3-4,7-8,11-15,18,26-27H,2,5-6,9-10H2/b23-14+,24-22?. The van der Waals surface area contributed by atoms with Crippen LogP contribution in [0, 0.1) is 0 Å². The molecule has 1 aliphatic rings. The molecule has 28 heavy (non-hydrogen) atoms. The second kappa shape index (κ2) is 8.44. The Hall–Kier alpha value is -2.86. The predicted molar refractivity (Wildman–Crippen MR) is 113 cm³/mol. The van der Waals surface area contributed by atoms with Crippen molar-refractivity contribution in [3.63, 3.8) is 0 Å². The first-order valence-electron chi connectivity index (χ1n) is 9.57. The maximum atomic E-state index is 9.73. The van der Waals surface area contributed by atoms with Gasteiger partial charge in [0.2, 0.25) is 4.80 Å². The molecule has 4 rings (SSSR count). The maximum Gasteiger partial charge on any atom is 0.206 e. The van der Waals surface area contributed by atoms with E-state index >= 15 is 0 Å². The fourth-order valence-electron chi connectivity index (χ4n) is 3.42.